The normalized spacial score (nSPS) is 13.6. The lowest BCUT2D eigenvalue weighted by atomic mass is 9.93. The highest BCUT2D eigenvalue weighted by Crippen LogP contribution is 2.43. The van der Waals surface area contributed by atoms with E-state index in [1.54, 1.807) is 21.3 Å². The van der Waals surface area contributed by atoms with Crippen LogP contribution in [0.2, 0.25) is 0 Å². The van der Waals surface area contributed by atoms with Gasteiger partial charge in [0.2, 0.25) is 5.75 Å². The first-order chi connectivity index (χ1) is 10.1. The molecule has 0 radical (unpaired) electrons. The fourth-order valence-electron chi connectivity index (χ4n) is 2.53. The number of hydrogen-bond donors (Lipinski definition) is 1. The molecule has 1 aromatic rings. The zero-order chi connectivity index (χ0) is 15.8. The number of nitrogens with one attached hydrogen (secondary N) is 1. The molecule has 1 aromatic carbocycles. The molecule has 2 atom stereocenters. The molecule has 0 spiro atoms. The van der Waals surface area contributed by atoms with Gasteiger partial charge in [0.15, 0.2) is 11.5 Å². The Morgan fingerprint density at radius 1 is 1.00 bits per heavy atom. The minimum absolute atomic E-state index is 0.250. The number of rotatable bonds is 9. The van der Waals surface area contributed by atoms with E-state index in [9.17, 15) is 0 Å². The van der Waals surface area contributed by atoms with Gasteiger partial charge in [0, 0.05) is 11.6 Å². The third-order valence-corrected chi connectivity index (χ3v) is 3.90. The molecule has 1 rings (SSSR count). The molecule has 0 aliphatic carbocycles. The zero-order valence-corrected chi connectivity index (χ0v) is 14.2. The summed E-state index contributed by atoms with van der Waals surface area (Å²) < 4.78 is 16.4. The Labute approximate surface area is 128 Å². The first kappa shape index (κ1) is 17.6. The number of hydrogen-bond acceptors (Lipinski definition) is 4. The monoisotopic (exact) mass is 295 g/mol. The molecule has 4 nitrogen and oxygen atoms in total. The van der Waals surface area contributed by atoms with Crippen molar-refractivity contribution in [1.29, 1.82) is 0 Å². The van der Waals surface area contributed by atoms with Gasteiger partial charge in [-0.2, -0.15) is 0 Å². The Morgan fingerprint density at radius 2 is 1.67 bits per heavy atom. The molecule has 0 heterocycles. The Kier molecular flexibility index (Phi) is 7.37. The molecule has 0 aromatic heterocycles. The van der Waals surface area contributed by atoms with Crippen molar-refractivity contribution in [2.75, 3.05) is 27.9 Å². The van der Waals surface area contributed by atoms with Gasteiger partial charge in [-0.25, -0.2) is 0 Å². The number of benzene rings is 1. The summed E-state index contributed by atoms with van der Waals surface area (Å²) in [4.78, 5) is 0. The summed E-state index contributed by atoms with van der Waals surface area (Å²) in [5, 5.41) is 3.55. The van der Waals surface area contributed by atoms with Crippen molar-refractivity contribution < 1.29 is 14.2 Å². The molecule has 4 heteroatoms. The molecule has 1 N–H and O–H groups in total. The third-order valence-electron chi connectivity index (χ3n) is 3.90. The van der Waals surface area contributed by atoms with Gasteiger partial charge in [0.1, 0.15) is 0 Å². The predicted octanol–water partition coefficient (Wildman–Crippen LogP) is 3.80. The second-order valence-corrected chi connectivity index (χ2v) is 5.28. The quantitative estimate of drug-likeness (QED) is 0.752. The summed E-state index contributed by atoms with van der Waals surface area (Å²) in [6.45, 7) is 7.53. The van der Waals surface area contributed by atoms with Crippen molar-refractivity contribution in [3.63, 3.8) is 0 Å². The molecule has 0 fully saturated rings. The Balaban J connectivity index is 3.23. The van der Waals surface area contributed by atoms with Crippen LogP contribution in [-0.2, 0) is 0 Å². The number of methoxy groups -OCH3 is 3. The van der Waals surface area contributed by atoms with Crippen molar-refractivity contribution in [3.8, 4) is 17.2 Å². The molecule has 21 heavy (non-hydrogen) atoms. The van der Waals surface area contributed by atoms with Crippen molar-refractivity contribution in [1.82, 2.24) is 5.32 Å². The van der Waals surface area contributed by atoms with Crippen molar-refractivity contribution >= 4 is 0 Å². The summed E-state index contributed by atoms with van der Waals surface area (Å²) in [6, 6.07) is 4.26. The van der Waals surface area contributed by atoms with Gasteiger partial charge in [-0.15, -0.1) is 0 Å². The van der Waals surface area contributed by atoms with E-state index in [2.05, 4.69) is 32.2 Å². The van der Waals surface area contributed by atoms with Crippen LogP contribution in [0.5, 0.6) is 17.2 Å². The van der Waals surface area contributed by atoms with E-state index in [0.717, 1.165) is 30.7 Å². The average molecular weight is 295 g/mol. The van der Waals surface area contributed by atoms with E-state index in [-0.39, 0.29) is 6.04 Å². The molecule has 0 bridgehead atoms. The summed E-state index contributed by atoms with van der Waals surface area (Å²) >= 11 is 0. The van der Waals surface area contributed by atoms with Crippen LogP contribution in [0.15, 0.2) is 12.1 Å². The van der Waals surface area contributed by atoms with Crippen molar-refractivity contribution in [3.05, 3.63) is 17.7 Å². The predicted molar refractivity (Wildman–Crippen MR) is 86.6 cm³/mol. The molecular weight excluding hydrogens is 266 g/mol. The average Bonchev–Trinajstić information content (AvgIpc) is 2.52. The van der Waals surface area contributed by atoms with E-state index in [1.807, 2.05) is 6.07 Å². The molecule has 0 saturated carbocycles. The van der Waals surface area contributed by atoms with Crippen LogP contribution in [0.4, 0.5) is 0 Å². The van der Waals surface area contributed by atoms with Crippen molar-refractivity contribution in [2.45, 2.75) is 39.7 Å². The molecule has 0 amide bonds. The molecule has 0 saturated heterocycles. The summed E-state index contributed by atoms with van der Waals surface area (Å²) in [5.41, 5.74) is 1.12. The maximum absolute atomic E-state index is 5.61. The summed E-state index contributed by atoms with van der Waals surface area (Å²) in [7, 11) is 4.95. The first-order valence-electron chi connectivity index (χ1n) is 7.65. The fraction of sp³-hybridized carbons (Fsp3) is 0.647. The van der Waals surface area contributed by atoms with Gasteiger partial charge in [0.25, 0.3) is 0 Å². The van der Waals surface area contributed by atoms with E-state index >= 15 is 0 Å². The van der Waals surface area contributed by atoms with E-state index in [4.69, 9.17) is 14.2 Å². The lowest BCUT2D eigenvalue weighted by Gasteiger charge is -2.25. The molecule has 2 unspecified atom stereocenters. The lowest BCUT2D eigenvalue weighted by Crippen LogP contribution is -2.23. The van der Waals surface area contributed by atoms with Crippen LogP contribution >= 0.6 is 0 Å². The fourth-order valence-corrected chi connectivity index (χ4v) is 2.53. The van der Waals surface area contributed by atoms with Gasteiger partial charge in [-0.3, -0.25) is 0 Å². The first-order valence-corrected chi connectivity index (χ1v) is 7.65. The number of ether oxygens (including phenoxy) is 3. The maximum Gasteiger partial charge on any atom is 0.203 e. The second kappa shape index (κ2) is 8.78. The molecule has 0 aliphatic heterocycles. The van der Waals surface area contributed by atoms with Gasteiger partial charge in [-0.1, -0.05) is 27.2 Å². The van der Waals surface area contributed by atoms with Gasteiger partial charge in [0.05, 0.1) is 21.3 Å². The van der Waals surface area contributed by atoms with Gasteiger partial charge >= 0.3 is 0 Å². The Bertz CT molecular complexity index is 434. The zero-order valence-electron chi connectivity index (χ0n) is 14.2. The minimum atomic E-state index is 0.250. The SMILES string of the molecule is CCNC(CC(C)CC)c1ccc(OC)c(OC)c1OC. The topological polar surface area (TPSA) is 39.7 Å². The third kappa shape index (κ3) is 4.27. The van der Waals surface area contributed by atoms with Crippen molar-refractivity contribution in [2.24, 2.45) is 5.92 Å². The molecule has 0 aliphatic rings. The van der Waals surface area contributed by atoms with Gasteiger partial charge < -0.3 is 19.5 Å². The largest absolute Gasteiger partial charge is 0.493 e. The second-order valence-electron chi connectivity index (χ2n) is 5.28. The van der Waals surface area contributed by atoms with Crippen LogP contribution in [0.1, 0.15) is 45.2 Å². The lowest BCUT2D eigenvalue weighted by molar-refractivity contribution is 0.315. The van der Waals surface area contributed by atoms with E-state index in [1.165, 1.54) is 0 Å². The highest BCUT2D eigenvalue weighted by atomic mass is 16.5. The molecule has 120 valence electrons. The van der Waals surface area contributed by atoms with Crippen LogP contribution in [0.25, 0.3) is 0 Å². The van der Waals surface area contributed by atoms with Crippen LogP contribution in [0, 0.1) is 5.92 Å². The summed E-state index contributed by atoms with van der Waals surface area (Å²) in [5.74, 6) is 2.75. The Morgan fingerprint density at radius 3 is 2.14 bits per heavy atom. The highest BCUT2D eigenvalue weighted by molar-refractivity contribution is 5.56. The standard InChI is InChI=1S/C17H29NO3/c1-7-12(3)11-14(18-8-2)13-9-10-15(19-4)17(21-6)16(13)20-5/h9-10,12,14,18H,7-8,11H2,1-6H3. The minimum Gasteiger partial charge on any atom is -0.493 e. The Hall–Kier alpha value is -1.42. The maximum atomic E-state index is 5.61. The highest BCUT2D eigenvalue weighted by Gasteiger charge is 2.22. The van der Waals surface area contributed by atoms with E-state index < -0.39 is 0 Å². The smallest absolute Gasteiger partial charge is 0.203 e. The summed E-state index contributed by atoms with van der Waals surface area (Å²) in [6.07, 6.45) is 2.23. The van der Waals surface area contributed by atoms with Crippen LogP contribution < -0.4 is 19.5 Å². The van der Waals surface area contributed by atoms with Gasteiger partial charge in [-0.05, 0) is 31.0 Å². The van der Waals surface area contributed by atoms with Crippen LogP contribution in [0.3, 0.4) is 0 Å². The van der Waals surface area contributed by atoms with Crippen LogP contribution in [-0.4, -0.2) is 27.9 Å². The molecular formula is C17H29NO3. The van der Waals surface area contributed by atoms with E-state index in [0.29, 0.717) is 17.4 Å².